The minimum absolute atomic E-state index is 0.489. The SMILES string of the molecule is CCNc1cncc(NCC(C)(O)CN(C)C)c1. The van der Waals surface area contributed by atoms with Crippen LogP contribution >= 0.6 is 0 Å². The Kier molecular flexibility index (Phi) is 5.37. The van der Waals surface area contributed by atoms with Gasteiger partial charge in [0.1, 0.15) is 0 Å². The maximum Gasteiger partial charge on any atom is 0.0917 e. The third-order valence-corrected chi connectivity index (χ3v) is 2.45. The van der Waals surface area contributed by atoms with E-state index in [1.165, 1.54) is 0 Å². The van der Waals surface area contributed by atoms with Crippen LogP contribution in [-0.4, -0.2) is 54.3 Å². The summed E-state index contributed by atoms with van der Waals surface area (Å²) in [4.78, 5) is 6.12. The highest BCUT2D eigenvalue weighted by atomic mass is 16.3. The van der Waals surface area contributed by atoms with Crippen molar-refractivity contribution in [2.75, 3.05) is 44.4 Å². The summed E-state index contributed by atoms with van der Waals surface area (Å²) in [6.07, 6.45) is 3.54. The highest BCUT2D eigenvalue weighted by Gasteiger charge is 2.20. The first kappa shape index (κ1) is 14.7. The van der Waals surface area contributed by atoms with E-state index in [9.17, 15) is 5.11 Å². The largest absolute Gasteiger partial charge is 0.387 e. The molecule has 0 fully saturated rings. The quantitative estimate of drug-likeness (QED) is 0.681. The Morgan fingerprint density at radius 3 is 2.44 bits per heavy atom. The van der Waals surface area contributed by atoms with Crippen LogP contribution in [0, 0.1) is 0 Å². The van der Waals surface area contributed by atoms with Crippen LogP contribution in [0.2, 0.25) is 0 Å². The van der Waals surface area contributed by atoms with Crippen LogP contribution in [0.5, 0.6) is 0 Å². The van der Waals surface area contributed by atoms with Gasteiger partial charge in [0.15, 0.2) is 0 Å². The van der Waals surface area contributed by atoms with E-state index in [4.69, 9.17) is 0 Å². The fraction of sp³-hybridized carbons (Fsp3) is 0.615. The van der Waals surface area contributed by atoms with Crippen molar-refractivity contribution in [1.29, 1.82) is 0 Å². The number of pyridine rings is 1. The van der Waals surface area contributed by atoms with Crippen LogP contribution < -0.4 is 10.6 Å². The third kappa shape index (κ3) is 5.33. The molecule has 102 valence electrons. The lowest BCUT2D eigenvalue weighted by Gasteiger charge is -2.27. The van der Waals surface area contributed by atoms with Gasteiger partial charge in [-0.05, 0) is 34.0 Å². The van der Waals surface area contributed by atoms with Gasteiger partial charge in [-0.15, -0.1) is 0 Å². The number of nitrogens with zero attached hydrogens (tertiary/aromatic N) is 2. The Labute approximate surface area is 109 Å². The van der Waals surface area contributed by atoms with Crippen molar-refractivity contribution in [3.63, 3.8) is 0 Å². The molecule has 1 aromatic heterocycles. The lowest BCUT2D eigenvalue weighted by Crippen LogP contribution is -2.43. The predicted molar refractivity (Wildman–Crippen MR) is 76.1 cm³/mol. The second-order valence-electron chi connectivity index (χ2n) is 5.08. The van der Waals surface area contributed by atoms with E-state index in [2.05, 4.69) is 15.6 Å². The summed E-state index contributed by atoms with van der Waals surface area (Å²) >= 11 is 0. The summed E-state index contributed by atoms with van der Waals surface area (Å²) in [5.74, 6) is 0. The predicted octanol–water partition coefficient (Wildman–Crippen LogP) is 1.24. The molecule has 18 heavy (non-hydrogen) atoms. The normalized spacial score (nSPS) is 14.3. The van der Waals surface area contributed by atoms with Gasteiger partial charge in [-0.3, -0.25) is 4.98 Å². The summed E-state index contributed by atoms with van der Waals surface area (Å²) in [6, 6.07) is 1.99. The van der Waals surface area contributed by atoms with E-state index in [0.717, 1.165) is 17.9 Å². The van der Waals surface area contributed by atoms with Crippen LogP contribution in [-0.2, 0) is 0 Å². The van der Waals surface area contributed by atoms with Crippen molar-refractivity contribution in [3.8, 4) is 0 Å². The summed E-state index contributed by atoms with van der Waals surface area (Å²) in [5, 5.41) is 16.6. The lowest BCUT2D eigenvalue weighted by atomic mass is 10.1. The van der Waals surface area contributed by atoms with E-state index in [0.29, 0.717) is 13.1 Å². The van der Waals surface area contributed by atoms with Gasteiger partial charge in [-0.25, -0.2) is 0 Å². The molecule has 0 aliphatic rings. The number of nitrogens with one attached hydrogen (secondary N) is 2. The summed E-state index contributed by atoms with van der Waals surface area (Å²) in [6.45, 7) is 5.83. The molecular formula is C13H24N4O. The number of hydrogen-bond donors (Lipinski definition) is 3. The molecule has 5 heteroatoms. The summed E-state index contributed by atoms with van der Waals surface area (Å²) < 4.78 is 0. The number of aromatic nitrogens is 1. The van der Waals surface area contributed by atoms with E-state index in [1.807, 2.05) is 38.9 Å². The highest BCUT2D eigenvalue weighted by Crippen LogP contribution is 2.14. The Balaban J connectivity index is 2.54. The molecule has 1 atom stereocenters. The third-order valence-electron chi connectivity index (χ3n) is 2.45. The van der Waals surface area contributed by atoms with Gasteiger partial charge in [0.25, 0.3) is 0 Å². The first-order chi connectivity index (χ1) is 8.43. The second kappa shape index (κ2) is 6.56. The average Bonchev–Trinajstić information content (AvgIpc) is 2.26. The minimum Gasteiger partial charge on any atom is -0.387 e. The van der Waals surface area contributed by atoms with Gasteiger partial charge in [0.05, 0.1) is 29.4 Å². The molecular weight excluding hydrogens is 228 g/mol. The van der Waals surface area contributed by atoms with Crippen molar-refractivity contribution in [2.24, 2.45) is 0 Å². The molecule has 0 saturated carbocycles. The molecule has 0 spiro atoms. The number of rotatable bonds is 7. The second-order valence-corrected chi connectivity index (χ2v) is 5.08. The van der Waals surface area contributed by atoms with E-state index >= 15 is 0 Å². The molecule has 3 N–H and O–H groups in total. The number of anilines is 2. The van der Waals surface area contributed by atoms with Crippen molar-refractivity contribution in [2.45, 2.75) is 19.4 Å². The number of aliphatic hydroxyl groups is 1. The molecule has 0 aromatic carbocycles. The van der Waals surface area contributed by atoms with E-state index < -0.39 is 5.60 Å². The smallest absolute Gasteiger partial charge is 0.0917 e. The molecule has 0 amide bonds. The number of likely N-dealkylation sites (N-methyl/N-ethyl adjacent to an activating group) is 1. The molecule has 1 rings (SSSR count). The molecule has 0 radical (unpaired) electrons. The first-order valence-electron chi connectivity index (χ1n) is 6.23. The molecule has 0 aliphatic heterocycles. The zero-order valence-electron chi connectivity index (χ0n) is 11.7. The Morgan fingerprint density at radius 1 is 1.28 bits per heavy atom. The Bertz CT molecular complexity index is 366. The van der Waals surface area contributed by atoms with Crippen LogP contribution in [0.15, 0.2) is 18.5 Å². The van der Waals surface area contributed by atoms with Crippen LogP contribution in [0.25, 0.3) is 0 Å². The van der Waals surface area contributed by atoms with Gasteiger partial charge in [-0.1, -0.05) is 0 Å². The van der Waals surface area contributed by atoms with Gasteiger partial charge in [0.2, 0.25) is 0 Å². The zero-order chi connectivity index (χ0) is 13.6. The Hall–Kier alpha value is -1.33. The van der Waals surface area contributed by atoms with Crippen LogP contribution in [0.3, 0.4) is 0 Å². The fourth-order valence-corrected chi connectivity index (χ4v) is 1.87. The number of hydrogen-bond acceptors (Lipinski definition) is 5. The Morgan fingerprint density at radius 2 is 1.89 bits per heavy atom. The molecule has 1 unspecified atom stereocenters. The van der Waals surface area contributed by atoms with Crippen molar-refractivity contribution in [3.05, 3.63) is 18.5 Å². The van der Waals surface area contributed by atoms with Gasteiger partial charge in [-0.2, -0.15) is 0 Å². The van der Waals surface area contributed by atoms with Crippen molar-refractivity contribution >= 4 is 11.4 Å². The molecule has 0 saturated heterocycles. The topological polar surface area (TPSA) is 60.4 Å². The molecule has 1 heterocycles. The van der Waals surface area contributed by atoms with Gasteiger partial charge in [0, 0.05) is 19.6 Å². The first-order valence-corrected chi connectivity index (χ1v) is 6.23. The van der Waals surface area contributed by atoms with Crippen LogP contribution in [0.4, 0.5) is 11.4 Å². The average molecular weight is 252 g/mol. The maximum absolute atomic E-state index is 10.2. The van der Waals surface area contributed by atoms with E-state index in [1.54, 1.807) is 12.4 Å². The molecule has 0 bridgehead atoms. The monoisotopic (exact) mass is 252 g/mol. The molecule has 0 aliphatic carbocycles. The lowest BCUT2D eigenvalue weighted by molar-refractivity contribution is 0.0460. The van der Waals surface area contributed by atoms with Crippen LogP contribution in [0.1, 0.15) is 13.8 Å². The summed E-state index contributed by atoms with van der Waals surface area (Å²) in [5.41, 5.74) is 1.12. The molecule has 5 nitrogen and oxygen atoms in total. The molecule has 1 aromatic rings. The van der Waals surface area contributed by atoms with Crippen molar-refractivity contribution < 1.29 is 5.11 Å². The highest BCUT2D eigenvalue weighted by molar-refractivity contribution is 5.54. The summed E-state index contributed by atoms with van der Waals surface area (Å²) in [7, 11) is 3.89. The van der Waals surface area contributed by atoms with Gasteiger partial charge >= 0.3 is 0 Å². The standard InChI is InChI=1S/C13H24N4O/c1-5-15-11-6-12(8-14-7-11)16-9-13(2,18)10-17(3)4/h6-8,15-16,18H,5,9-10H2,1-4H3. The fourth-order valence-electron chi connectivity index (χ4n) is 1.87. The van der Waals surface area contributed by atoms with Gasteiger partial charge < -0.3 is 20.6 Å². The maximum atomic E-state index is 10.2. The van der Waals surface area contributed by atoms with E-state index in [-0.39, 0.29) is 0 Å². The minimum atomic E-state index is -0.766. The zero-order valence-corrected chi connectivity index (χ0v) is 11.7. The van der Waals surface area contributed by atoms with Crippen molar-refractivity contribution in [1.82, 2.24) is 9.88 Å².